The SMILES string of the molecule is CCCN(CCC)c1ccnc(Nc2c(C)cc(C)cc2Cl)n1. The van der Waals surface area contributed by atoms with Gasteiger partial charge in [0.1, 0.15) is 5.82 Å². The summed E-state index contributed by atoms with van der Waals surface area (Å²) < 4.78 is 0. The van der Waals surface area contributed by atoms with Crippen LogP contribution in [0.2, 0.25) is 5.02 Å². The Hall–Kier alpha value is -1.81. The maximum Gasteiger partial charge on any atom is 0.229 e. The van der Waals surface area contributed by atoms with Crippen molar-refractivity contribution < 1.29 is 0 Å². The fourth-order valence-electron chi connectivity index (χ4n) is 2.65. The first-order valence-corrected chi connectivity index (χ1v) is 8.54. The number of nitrogens with one attached hydrogen (secondary N) is 1. The molecular formula is C18H25ClN4. The molecule has 124 valence electrons. The number of aromatic nitrogens is 2. The van der Waals surface area contributed by atoms with Gasteiger partial charge in [0.15, 0.2) is 0 Å². The third kappa shape index (κ3) is 4.58. The lowest BCUT2D eigenvalue weighted by atomic mass is 10.1. The lowest BCUT2D eigenvalue weighted by Gasteiger charge is -2.23. The highest BCUT2D eigenvalue weighted by molar-refractivity contribution is 6.33. The summed E-state index contributed by atoms with van der Waals surface area (Å²) in [5.41, 5.74) is 3.10. The van der Waals surface area contributed by atoms with E-state index < -0.39 is 0 Å². The van der Waals surface area contributed by atoms with Crippen LogP contribution in [0.3, 0.4) is 0 Å². The number of halogens is 1. The van der Waals surface area contributed by atoms with E-state index in [2.05, 4.69) is 40.1 Å². The molecule has 0 amide bonds. The predicted octanol–water partition coefficient (Wildman–Crippen LogP) is 5.12. The Kier molecular flexibility index (Phi) is 6.22. The van der Waals surface area contributed by atoms with Gasteiger partial charge in [-0.3, -0.25) is 0 Å². The van der Waals surface area contributed by atoms with Crippen molar-refractivity contribution in [2.75, 3.05) is 23.3 Å². The Morgan fingerprint density at radius 1 is 1.13 bits per heavy atom. The van der Waals surface area contributed by atoms with E-state index in [-0.39, 0.29) is 0 Å². The molecule has 1 N–H and O–H groups in total. The Bertz CT molecular complexity index is 628. The number of nitrogens with zero attached hydrogens (tertiary/aromatic N) is 3. The minimum absolute atomic E-state index is 0.577. The van der Waals surface area contributed by atoms with Gasteiger partial charge >= 0.3 is 0 Å². The van der Waals surface area contributed by atoms with E-state index in [4.69, 9.17) is 11.6 Å². The number of aryl methyl sites for hydroxylation is 2. The molecule has 0 aliphatic carbocycles. The summed E-state index contributed by atoms with van der Waals surface area (Å²) in [6.07, 6.45) is 3.98. The topological polar surface area (TPSA) is 41.1 Å². The standard InChI is InChI=1S/C18H25ClN4/c1-5-9-23(10-6-2)16-7-8-20-18(21-16)22-17-14(4)11-13(3)12-15(17)19/h7-8,11-12H,5-6,9-10H2,1-4H3,(H,20,21,22). The molecule has 23 heavy (non-hydrogen) atoms. The van der Waals surface area contributed by atoms with Crippen molar-refractivity contribution in [1.82, 2.24) is 9.97 Å². The third-order valence-corrected chi connectivity index (χ3v) is 3.92. The molecule has 4 nitrogen and oxygen atoms in total. The summed E-state index contributed by atoms with van der Waals surface area (Å²) in [4.78, 5) is 11.3. The molecule has 0 bridgehead atoms. The van der Waals surface area contributed by atoms with Crippen LogP contribution in [0.4, 0.5) is 17.5 Å². The number of hydrogen-bond donors (Lipinski definition) is 1. The van der Waals surface area contributed by atoms with E-state index in [9.17, 15) is 0 Å². The number of rotatable bonds is 7. The Morgan fingerprint density at radius 3 is 2.43 bits per heavy atom. The van der Waals surface area contributed by atoms with Crippen LogP contribution in [0.15, 0.2) is 24.4 Å². The summed E-state index contributed by atoms with van der Waals surface area (Å²) in [5, 5.41) is 3.96. The molecule has 0 saturated heterocycles. The van der Waals surface area contributed by atoms with E-state index in [1.54, 1.807) is 6.20 Å². The average Bonchev–Trinajstić information content (AvgIpc) is 2.51. The number of anilines is 3. The first kappa shape index (κ1) is 17.5. The van der Waals surface area contributed by atoms with Crippen molar-refractivity contribution in [3.8, 4) is 0 Å². The molecule has 0 saturated carbocycles. The van der Waals surface area contributed by atoms with Crippen molar-refractivity contribution in [2.24, 2.45) is 0 Å². The molecule has 1 heterocycles. The second-order valence-electron chi connectivity index (χ2n) is 5.79. The van der Waals surface area contributed by atoms with Crippen LogP contribution in [0.5, 0.6) is 0 Å². The Balaban J connectivity index is 2.26. The monoisotopic (exact) mass is 332 g/mol. The van der Waals surface area contributed by atoms with Gasteiger partial charge in [-0.2, -0.15) is 4.98 Å². The third-order valence-electron chi connectivity index (χ3n) is 3.62. The molecule has 0 unspecified atom stereocenters. The number of hydrogen-bond acceptors (Lipinski definition) is 4. The Labute approximate surface area is 143 Å². The van der Waals surface area contributed by atoms with Crippen LogP contribution in [0.25, 0.3) is 0 Å². The normalized spacial score (nSPS) is 10.7. The van der Waals surface area contributed by atoms with E-state index in [1.807, 2.05) is 26.0 Å². The van der Waals surface area contributed by atoms with Crippen molar-refractivity contribution in [3.63, 3.8) is 0 Å². The fraction of sp³-hybridized carbons (Fsp3) is 0.444. The van der Waals surface area contributed by atoms with Gasteiger partial charge in [-0.25, -0.2) is 4.98 Å². The van der Waals surface area contributed by atoms with Gasteiger partial charge in [0.05, 0.1) is 10.7 Å². The smallest absolute Gasteiger partial charge is 0.229 e. The van der Waals surface area contributed by atoms with Crippen LogP contribution >= 0.6 is 11.6 Å². The molecule has 1 aromatic heterocycles. The lowest BCUT2D eigenvalue weighted by Crippen LogP contribution is -2.26. The molecule has 5 heteroatoms. The molecule has 0 atom stereocenters. The highest BCUT2D eigenvalue weighted by atomic mass is 35.5. The van der Waals surface area contributed by atoms with E-state index in [1.165, 1.54) is 0 Å². The minimum Gasteiger partial charge on any atom is -0.356 e. The zero-order valence-electron chi connectivity index (χ0n) is 14.4. The predicted molar refractivity (Wildman–Crippen MR) is 99.0 cm³/mol. The zero-order valence-corrected chi connectivity index (χ0v) is 15.1. The highest BCUT2D eigenvalue weighted by Gasteiger charge is 2.10. The van der Waals surface area contributed by atoms with Gasteiger partial charge in [-0.1, -0.05) is 31.5 Å². The number of benzene rings is 1. The van der Waals surface area contributed by atoms with Gasteiger partial charge < -0.3 is 10.2 Å². The fourth-order valence-corrected chi connectivity index (χ4v) is 3.02. The zero-order chi connectivity index (χ0) is 16.8. The largest absolute Gasteiger partial charge is 0.356 e. The molecule has 0 aliphatic heterocycles. The lowest BCUT2D eigenvalue weighted by molar-refractivity contribution is 0.733. The van der Waals surface area contributed by atoms with Gasteiger partial charge in [0, 0.05) is 19.3 Å². The van der Waals surface area contributed by atoms with E-state index in [0.717, 1.165) is 48.6 Å². The maximum atomic E-state index is 6.36. The van der Waals surface area contributed by atoms with E-state index in [0.29, 0.717) is 11.0 Å². The summed E-state index contributed by atoms with van der Waals surface area (Å²) in [6.45, 7) is 10.4. The van der Waals surface area contributed by atoms with Crippen molar-refractivity contribution in [2.45, 2.75) is 40.5 Å². The molecular weight excluding hydrogens is 308 g/mol. The van der Waals surface area contributed by atoms with Crippen molar-refractivity contribution in [1.29, 1.82) is 0 Å². The van der Waals surface area contributed by atoms with Crippen LogP contribution in [-0.4, -0.2) is 23.1 Å². The first-order valence-electron chi connectivity index (χ1n) is 8.16. The molecule has 2 aromatic rings. The van der Waals surface area contributed by atoms with Gasteiger partial charge in [0.2, 0.25) is 5.95 Å². The van der Waals surface area contributed by atoms with Crippen molar-refractivity contribution >= 4 is 29.1 Å². The molecule has 0 aliphatic rings. The molecule has 0 spiro atoms. The van der Waals surface area contributed by atoms with E-state index >= 15 is 0 Å². The summed E-state index contributed by atoms with van der Waals surface area (Å²) >= 11 is 6.36. The summed E-state index contributed by atoms with van der Waals surface area (Å²) in [6, 6.07) is 6.00. The Morgan fingerprint density at radius 2 is 1.83 bits per heavy atom. The van der Waals surface area contributed by atoms with Crippen LogP contribution in [0, 0.1) is 13.8 Å². The second kappa shape index (κ2) is 8.16. The van der Waals surface area contributed by atoms with Crippen LogP contribution < -0.4 is 10.2 Å². The molecule has 0 radical (unpaired) electrons. The quantitative estimate of drug-likeness (QED) is 0.764. The van der Waals surface area contributed by atoms with Gasteiger partial charge in [0.25, 0.3) is 0 Å². The molecule has 2 rings (SSSR count). The van der Waals surface area contributed by atoms with Gasteiger partial charge in [-0.15, -0.1) is 0 Å². The summed E-state index contributed by atoms with van der Waals surface area (Å²) in [5.74, 6) is 1.53. The molecule has 1 aromatic carbocycles. The summed E-state index contributed by atoms with van der Waals surface area (Å²) in [7, 11) is 0. The van der Waals surface area contributed by atoms with Crippen LogP contribution in [0.1, 0.15) is 37.8 Å². The average molecular weight is 333 g/mol. The first-order chi connectivity index (χ1) is 11.0. The molecule has 0 fully saturated rings. The van der Waals surface area contributed by atoms with Crippen molar-refractivity contribution in [3.05, 3.63) is 40.5 Å². The van der Waals surface area contributed by atoms with Crippen LogP contribution in [-0.2, 0) is 0 Å². The second-order valence-corrected chi connectivity index (χ2v) is 6.20. The highest BCUT2D eigenvalue weighted by Crippen LogP contribution is 2.29. The minimum atomic E-state index is 0.577. The van der Waals surface area contributed by atoms with Gasteiger partial charge in [-0.05, 0) is 49.9 Å². The maximum absolute atomic E-state index is 6.36.